The highest BCUT2D eigenvalue weighted by atomic mass is 35.5. The van der Waals surface area contributed by atoms with E-state index in [-0.39, 0.29) is 11.4 Å². The van der Waals surface area contributed by atoms with Gasteiger partial charge in [0.25, 0.3) is 0 Å². The lowest BCUT2D eigenvalue weighted by molar-refractivity contribution is -0.123. The topological polar surface area (TPSA) is 29.1 Å². The normalized spacial score (nSPS) is 13.9. The van der Waals surface area contributed by atoms with Crippen molar-refractivity contribution in [1.82, 2.24) is 5.32 Å². The number of hydrogen-bond donors (Lipinski definition) is 1. The van der Waals surface area contributed by atoms with Crippen LogP contribution in [0.5, 0.6) is 0 Å². The lowest BCUT2D eigenvalue weighted by Gasteiger charge is -2.24. The van der Waals surface area contributed by atoms with Crippen molar-refractivity contribution in [1.29, 1.82) is 0 Å². The summed E-state index contributed by atoms with van der Waals surface area (Å²) in [6.45, 7) is 8.01. The summed E-state index contributed by atoms with van der Waals surface area (Å²) in [6, 6.07) is 0. The molecule has 0 radical (unpaired) electrons. The van der Waals surface area contributed by atoms with Crippen LogP contribution in [0.3, 0.4) is 0 Å². The van der Waals surface area contributed by atoms with Gasteiger partial charge >= 0.3 is 0 Å². The van der Waals surface area contributed by atoms with Crippen molar-refractivity contribution in [2.24, 2.45) is 5.92 Å². The second-order valence-electron chi connectivity index (χ2n) is 4.28. The van der Waals surface area contributed by atoms with Crippen LogP contribution in [0.2, 0.25) is 0 Å². The fourth-order valence-electron chi connectivity index (χ4n) is 0.923. The van der Waals surface area contributed by atoms with Gasteiger partial charge in [-0.05, 0) is 19.8 Å². The predicted molar refractivity (Wildman–Crippen MR) is 57.0 cm³/mol. The van der Waals surface area contributed by atoms with Crippen LogP contribution < -0.4 is 5.32 Å². The van der Waals surface area contributed by atoms with E-state index in [0.717, 1.165) is 6.42 Å². The van der Waals surface area contributed by atoms with Gasteiger partial charge in [-0.3, -0.25) is 4.79 Å². The first kappa shape index (κ1) is 12.8. The lowest BCUT2D eigenvalue weighted by atomic mass is 10.0. The van der Waals surface area contributed by atoms with E-state index >= 15 is 0 Å². The maximum atomic E-state index is 11.4. The van der Waals surface area contributed by atoms with Gasteiger partial charge in [0.2, 0.25) is 5.91 Å². The van der Waals surface area contributed by atoms with Crippen molar-refractivity contribution in [2.45, 2.75) is 46.1 Å². The van der Waals surface area contributed by atoms with E-state index in [0.29, 0.717) is 18.2 Å². The van der Waals surface area contributed by atoms with Crippen molar-refractivity contribution < 1.29 is 4.79 Å². The number of halogens is 1. The summed E-state index contributed by atoms with van der Waals surface area (Å²) in [4.78, 5) is 11.4. The Bertz CT molecular complexity index is 168. The molecule has 78 valence electrons. The van der Waals surface area contributed by atoms with Gasteiger partial charge in [0, 0.05) is 17.8 Å². The van der Waals surface area contributed by atoms with Crippen molar-refractivity contribution >= 4 is 17.5 Å². The summed E-state index contributed by atoms with van der Waals surface area (Å²) in [6.07, 6.45) is 1.63. The Hall–Kier alpha value is -0.240. The Morgan fingerprint density at radius 3 is 2.46 bits per heavy atom. The summed E-state index contributed by atoms with van der Waals surface area (Å²) in [5.74, 6) is 0.991. The van der Waals surface area contributed by atoms with Gasteiger partial charge in [-0.15, -0.1) is 11.6 Å². The number of carbonyl (C=O) groups excluding carboxylic acids is 1. The van der Waals surface area contributed by atoms with Gasteiger partial charge in [0.05, 0.1) is 0 Å². The van der Waals surface area contributed by atoms with Crippen LogP contribution in [0.4, 0.5) is 0 Å². The second-order valence-corrected chi connectivity index (χ2v) is 4.55. The molecule has 0 fully saturated rings. The third-order valence-electron chi connectivity index (χ3n) is 2.04. The molecular weight excluding hydrogens is 186 g/mol. The SMILES string of the molecule is CCC(C)CC(=O)NC(C)(C)CCl. The lowest BCUT2D eigenvalue weighted by Crippen LogP contribution is -2.45. The standard InChI is InChI=1S/C10H20ClNO/c1-5-8(2)6-9(13)12-10(3,4)7-11/h8H,5-7H2,1-4H3,(H,12,13). The van der Waals surface area contributed by atoms with E-state index in [1.54, 1.807) is 0 Å². The Labute approximate surface area is 86.0 Å². The first-order valence-electron chi connectivity index (χ1n) is 4.78. The van der Waals surface area contributed by atoms with Crippen molar-refractivity contribution in [3.05, 3.63) is 0 Å². The van der Waals surface area contributed by atoms with Crippen LogP contribution in [0.1, 0.15) is 40.5 Å². The number of hydrogen-bond acceptors (Lipinski definition) is 1. The molecule has 0 rings (SSSR count). The monoisotopic (exact) mass is 205 g/mol. The molecule has 0 bridgehead atoms. The fraction of sp³-hybridized carbons (Fsp3) is 0.900. The number of alkyl halides is 1. The number of amides is 1. The largest absolute Gasteiger partial charge is 0.350 e. The zero-order valence-corrected chi connectivity index (χ0v) is 9.74. The van der Waals surface area contributed by atoms with Crippen molar-refractivity contribution in [3.8, 4) is 0 Å². The molecule has 13 heavy (non-hydrogen) atoms. The molecule has 1 atom stereocenters. The summed E-state index contributed by atoms with van der Waals surface area (Å²) in [5.41, 5.74) is -0.286. The molecule has 0 aromatic heterocycles. The van der Waals surface area contributed by atoms with Crippen LogP contribution in [-0.2, 0) is 4.79 Å². The molecule has 0 heterocycles. The Kier molecular flexibility index (Phi) is 5.38. The molecule has 1 N–H and O–H groups in total. The average molecular weight is 206 g/mol. The molecule has 1 unspecified atom stereocenters. The van der Waals surface area contributed by atoms with Crippen LogP contribution in [0, 0.1) is 5.92 Å². The summed E-state index contributed by atoms with van der Waals surface area (Å²) >= 11 is 5.69. The summed E-state index contributed by atoms with van der Waals surface area (Å²) < 4.78 is 0. The van der Waals surface area contributed by atoms with E-state index in [1.165, 1.54) is 0 Å². The molecule has 0 aromatic rings. The first-order valence-corrected chi connectivity index (χ1v) is 5.31. The molecule has 2 nitrogen and oxygen atoms in total. The smallest absolute Gasteiger partial charge is 0.220 e. The molecular formula is C10H20ClNO. The minimum Gasteiger partial charge on any atom is -0.350 e. The zero-order chi connectivity index (χ0) is 10.5. The number of carbonyl (C=O) groups is 1. The molecule has 0 spiro atoms. The predicted octanol–water partition coefficient (Wildman–Crippen LogP) is 2.56. The highest BCUT2D eigenvalue weighted by Crippen LogP contribution is 2.09. The van der Waals surface area contributed by atoms with E-state index in [2.05, 4.69) is 19.2 Å². The minimum atomic E-state index is -0.286. The summed E-state index contributed by atoms with van der Waals surface area (Å²) in [7, 11) is 0. The maximum Gasteiger partial charge on any atom is 0.220 e. The Balaban J connectivity index is 3.87. The molecule has 1 amide bonds. The third kappa shape index (κ3) is 5.92. The third-order valence-corrected chi connectivity index (χ3v) is 2.71. The zero-order valence-electron chi connectivity index (χ0n) is 8.98. The Morgan fingerprint density at radius 1 is 1.54 bits per heavy atom. The van der Waals surface area contributed by atoms with Gasteiger partial charge in [-0.2, -0.15) is 0 Å². The van der Waals surface area contributed by atoms with Gasteiger partial charge in [-0.1, -0.05) is 20.3 Å². The molecule has 0 aromatic carbocycles. The molecule has 0 saturated heterocycles. The van der Waals surface area contributed by atoms with E-state index in [9.17, 15) is 4.79 Å². The molecule has 0 aliphatic carbocycles. The quantitative estimate of drug-likeness (QED) is 0.687. The van der Waals surface area contributed by atoms with Gasteiger partial charge < -0.3 is 5.32 Å². The number of nitrogens with one attached hydrogen (secondary N) is 1. The van der Waals surface area contributed by atoms with Crippen LogP contribution in [0.25, 0.3) is 0 Å². The van der Waals surface area contributed by atoms with Crippen LogP contribution in [-0.4, -0.2) is 17.3 Å². The summed E-state index contributed by atoms with van der Waals surface area (Å²) in [5, 5.41) is 2.90. The average Bonchev–Trinajstić information content (AvgIpc) is 2.03. The van der Waals surface area contributed by atoms with Gasteiger partial charge in [0.1, 0.15) is 0 Å². The van der Waals surface area contributed by atoms with E-state index < -0.39 is 0 Å². The van der Waals surface area contributed by atoms with E-state index in [4.69, 9.17) is 11.6 Å². The van der Waals surface area contributed by atoms with Crippen molar-refractivity contribution in [2.75, 3.05) is 5.88 Å². The fourth-order valence-corrected chi connectivity index (χ4v) is 0.990. The van der Waals surface area contributed by atoms with Crippen LogP contribution >= 0.6 is 11.6 Å². The van der Waals surface area contributed by atoms with Gasteiger partial charge in [0.15, 0.2) is 0 Å². The van der Waals surface area contributed by atoms with Gasteiger partial charge in [-0.25, -0.2) is 0 Å². The molecule has 0 aliphatic rings. The second kappa shape index (κ2) is 5.48. The molecule has 0 aliphatic heterocycles. The molecule has 0 saturated carbocycles. The maximum absolute atomic E-state index is 11.4. The highest BCUT2D eigenvalue weighted by Gasteiger charge is 2.19. The number of rotatable bonds is 5. The first-order chi connectivity index (χ1) is 5.91. The highest BCUT2D eigenvalue weighted by molar-refractivity contribution is 6.18. The Morgan fingerprint density at radius 2 is 2.08 bits per heavy atom. The van der Waals surface area contributed by atoms with E-state index in [1.807, 2.05) is 13.8 Å². The van der Waals surface area contributed by atoms with Crippen LogP contribution in [0.15, 0.2) is 0 Å². The minimum absolute atomic E-state index is 0.0972. The van der Waals surface area contributed by atoms with Crippen molar-refractivity contribution in [3.63, 3.8) is 0 Å². The molecule has 3 heteroatoms.